The number of nitrogens with zero attached hydrogens (tertiary/aromatic N) is 1. The summed E-state index contributed by atoms with van der Waals surface area (Å²) < 4.78 is 7.68. The average Bonchev–Trinajstić information content (AvgIpc) is 2.75. The molecule has 0 bridgehead atoms. The van der Waals surface area contributed by atoms with Crippen LogP contribution in [-0.2, 0) is 0 Å². The Bertz CT molecular complexity index is 543. The van der Waals surface area contributed by atoms with Crippen LogP contribution in [0.2, 0.25) is 0 Å². The van der Waals surface area contributed by atoms with E-state index in [-0.39, 0.29) is 0 Å². The number of nitrogens with one attached hydrogen (secondary N) is 1. The van der Waals surface area contributed by atoms with Crippen LogP contribution in [0.5, 0.6) is 5.75 Å². The van der Waals surface area contributed by atoms with Gasteiger partial charge in [0.15, 0.2) is 0 Å². The van der Waals surface area contributed by atoms with Crippen molar-refractivity contribution in [1.29, 1.82) is 0 Å². The molecular weight excluding hydrogens is 224 g/mol. The quantitative estimate of drug-likeness (QED) is 0.893. The molecule has 1 N–H and O–H groups in total. The summed E-state index contributed by atoms with van der Waals surface area (Å²) in [6.07, 6.45) is 0. The van der Waals surface area contributed by atoms with E-state index < -0.39 is 0 Å². The molecule has 1 atom stereocenters. The predicted molar refractivity (Wildman–Crippen MR) is 76.3 cm³/mol. The molecule has 0 amide bonds. The fraction of sp³-hybridized carbons (Fsp3) is 0.467. The molecule has 98 valence electrons. The van der Waals surface area contributed by atoms with Crippen LogP contribution in [0.3, 0.4) is 0 Å². The van der Waals surface area contributed by atoms with Gasteiger partial charge in [-0.25, -0.2) is 0 Å². The first-order chi connectivity index (χ1) is 8.58. The van der Waals surface area contributed by atoms with Crippen molar-refractivity contribution in [1.82, 2.24) is 9.88 Å². The SMILES string of the molecule is CNC(C)c1cc2cc(OC)ccc2n1C(C)C. The van der Waals surface area contributed by atoms with Crippen LogP contribution >= 0.6 is 0 Å². The molecule has 0 fully saturated rings. The normalized spacial score (nSPS) is 13.2. The van der Waals surface area contributed by atoms with Crippen molar-refractivity contribution >= 4 is 10.9 Å². The molecule has 0 aliphatic rings. The maximum absolute atomic E-state index is 5.29. The highest BCUT2D eigenvalue weighted by Gasteiger charge is 2.15. The van der Waals surface area contributed by atoms with Gasteiger partial charge < -0.3 is 14.6 Å². The number of fused-ring (bicyclic) bond motifs is 1. The molecule has 0 spiro atoms. The first-order valence-corrected chi connectivity index (χ1v) is 6.44. The number of methoxy groups -OCH3 is 1. The minimum absolute atomic E-state index is 0.339. The lowest BCUT2D eigenvalue weighted by Crippen LogP contribution is -2.17. The van der Waals surface area contributed by atoms with Crippen LogP contribution in [0, 0.1) is 0 Å². The Hall–Kier alpha value is -1.48. The van der Waals surface area contributed by atoms with Gasteiger partial charge in [-0.15, -0.1) is 0 Å². The van der Waals surface area contributed by atoms with E-state index in [1.165, 1.54) is 16.6 Å². The van der Waals surface area contributed by atoms with Gasteiger partial charge >= 0.3 is 0 Å². The summed E-state index contributed by atoms with van der Waals surface area (Å²) in [6.45, 7) is 6.62. The molecule has 2 aromatic rings. The van der Waals surface area contributed by atoms with Crippen LogP contribution in [0.25, 0.3) is 10.9 Å². The van der Waals surface area contributed by atoms with E-state index in [0.717, 1.165) is 5.75 Å². The molecule has 3 nitrogen and oxygen atoms in total. The van der Waals surface area contributed by atoms with E-state index in [1.807, 2.05) is 13.1 Å². The summed E-state index contributed by atoms with van der Waals surface area (Å²) in [5.74, 6) is 0.909. The largest absolute Gasteiger partial charge is 0.497 e. The van der Waals surface area contributed by atoms with Crippen molar-refractivity contribution in [2.45, 2.75) is 32.9 Å². The monoisotopic (exact) mass is 246 g/mol. The van der Waals surface area contributed by atoms with Gasteiger partial charge in [-0.3, -0.25) is 0 Å². The van der Waals surface area contributed by atoms with Crippen LogP contribution < -0.4 is 10.1 Å². The van der Waals surface area contributed by atoms with E-state index in [4.69, 9.17) is 4.74 Å². The minimum Gasteiger partial charge on any atom is -0.497 e. The van der Waals surface area contributed by atoms with Crippen LogP contribution in [-0.4, -0.2) is 18.7 Å². The number of hydrogen-bond donors (Lipinski definition) is 1. The van der Waals surface area contributed by atoms with Gasteiger partial charge in [-0.05, 0) is 52.1 Å². The number of aromatic nitrogens is 1. The lowest BCUT2D eigenvalue weighted by Gasteiger charge is -2.19. The Morgan fingerprint density at radius 3 is 2.44 bits per heavy atom. The summed E-state index contributed by atoms with van der Waals surface area (Å²) in [5, 5.41) is 4.55. The Kier molecular flexibility index (Phi) is 3.62. The summed E-state index contributed by atoms with van der Waals surface area (Å²) in [7, 11) is 3.70. The van der Waals surface area contributed by atoms with Crippen LogP contribution in [0.15, 0.2) is 24.3 Å². The molecule has 1 heterocycles. The van der Waals surface area contributed by atoms with Gasteiger partial charge in [0.2, 0.25) is 0 Å². The molecule has 0 radical (unpaired) electrons. The van der Waals surface area contributed by atoms with Crippen LogP contribution in [0.1, 0.15) is 38.5 Å². The second kappa shape index (κ2) is 5.02. The fourth-order valence-electron chi connectivity index (χ4n) is 2.42. The standard InChI is InChI=1S/C15H22N2O/c1-10(2)17-14-7-6-13(18-5)8-12(14)9-15(17)11(3)16-4/h6-11,16H,1-5H3. The zero-order chi connectivity index (χ0) is 13.3. The molecule has 0 aliphatic heterocycles. The van der Waals surface area contributed by atoms with E-state index in [0.29, 0.717) is 12.1 Å². The summed E-state index contributed by atoms with van der Waals surface area (Å²) in [4.78, 5) is 0. The Labute approximate surface area is 109 Å². The zero-order valence-corrected chi connectivity index (χ0v) is 11.8. The van der Waals surface area contributed by atoms with E-state index >= 15 is 0 Å². The molecular formula is C15H22N2O. The third-order valence-electron chi connectivity index (χ3n) is 3.47. The molecule has 18 heavy (non-hydrogen) atoms. The first kappa shape index (κ1) is 13.0. The molecule has 0 saturated carbocycles. The van der Waals surface area contributed by atoms with Gasteiger partial charge in [-0.2, -0.15) is 0 Å². The maximum atomic E-state index is 5.29. The summed E-state index contributed by atoms with van der Waals surface area (Å²) >= 11 is 0. The topological polar surface area (TPSA) is 26.2 Å². The van der Waals surface area contributed by atoms with Crippen molar-refractivity contribution < 1.29 is 4.74 Å². The lowest BCUT2D eigenvalue weighted by atomic mass is 10.2. The van der Waals surface area contributed by atoms with Crippen molar-refractivity contribution in [3.05, 3.63) is 30.0 Å². The van der Waals surface area contributed by atoms with Crippen molar-refractivity contribution in [2.75, 3.05) is 14.2 Å². The maximum Gasteiger partial charge on any atom is 0.119 e. The molecule has 3 heteroatoms. The average molecular weight is 246 g/mol. The molecule has 1 aromatic heterocycles. The molecule has 0 saturated heterocycles. The van der Waals surface area contributed by atoms with Gasteiger partial charge in [0.05, 0.1) is 7.11 Å². The lowest BCUT2D eigenvalue weighted by molar-refractivity contribution is 0.415. The highest BCUT2D eigenvalue weighted by Crippen LogP contribution is 2.30. The second-order valence-electron chi connectivity index (χ2n) is 4.97. The summed E-state index contributed by atoms with van der Waals surface area (Å²) in [5.41, 5.74) is 2.58. The number of ether oxygens (including phenoxy) is 1. The van der Waals surface area contributed by atoms with Crippen LogP contribution in [0.4, 0.5) is 0 Å². The minimum atomic E-state index is 0.339. The van der Waals surface area contributed by atoms with Gasteiger partial charge in [0.1, 0.15) is 5.75 Å². The molecule has 1 aromatic carbocycles. The fourth-order valence-corrected chi connectivity index (χ4v) is 2.42. The Morgan fingerprint density at radius 2 is 1.89 bits per heavy atom. The van der Waals surface area contributed by atoms with E-state index in [1.54, 1.807) is 7.11 Å². The highest BCUT2D eigenvalue weighted by molar-refractivity contribution is 5.83. The van der Waals surface area contributed by atoms with Gasteiger partial charge in [-0.1, -0.05) is 0 Å². The molecule has 0 aliphatic carbocycles. The highest BCUT2D eigenvalue weighted by atomic mass is 16.5. The third kappa shape index (κ3) is 2.10. The van der Waals surface area contributed by atoms with Gasteiger partial charge in [0.25, 0.3) is 0 Å². The number of rotatable bonds is 4. The molecule has 1 unspecified atom stereocenters. The number of hydrogen-bond acceptors (Lipinski definition) is 2. The Morgan fingerprint density at radius 1 is 1.17 bits per heavy atom. The van der Waals surface area contributed by atoms with Crippen molar-refractivity contribution in [3.8, 4) is 5.75 Å². The summed E-state index contributed by atoms with van der Waals surface area (Å²) in [6, 6.07) is 9.29. The Balaban J connectivity index is 2.66. The molecule has 2 rings (SSSR count). The smallest absolute Gasteiger partial charge is 0.119 e. The van der Waals surface area contributed by atoms with E-state index in [2.05, 4.69) is 48.9 Å². The zero-order valence-electron chi connectivity index (χ0n) is 11.8. The third-order valence-corrected chi connectivity index (χ3v) is 3.47. The van der Waals surface area contributed by atoms with E-state index in [9.17, 15) is 0 Å². The first-order valence-electron chi connectivity index (χ1n) is 6.44. The van der Waals surface area contributed by atoms with Gasteiger partial charge in [0, 0.05) is 28.7 Å². The predicted octanol–water partition coefficient (Wildman–Crippen LogP) is 3.51. The van der Waals surface area contributed by atoms with Crippen molar-refractivity contribution in [2.24, 2.45) is 0 Å². The second-order valence-corrected chi connectivity index (χ2v) is 4.97. The van der Waals surface area contributed by atoms with Crippen molar-refractivity contribution in [3.63, 3.8) is 0 Å². The number of benzene rings is 1.